The zero-order valence-electron chi connectivity index (χ0n) is 19.8. The number of aryl methyl sites for hydroxylation is 1. The summed E-state index contributed by atoms with van der Waals surface area (Å²) in [5, 5.41) is 2.02. The Hall–Kier alpha value is -3.19. The number of nitrogens with zero attached hydrogens (tertiary/aromatic N) is 2. The molecule has 2 heterocycles. The Bertz CT molecular complexity index is 1220. The van der Waals surface area contributed by atoms with Crippen molar-refractivity contribution in [3.05, 3.63) is 87.4 Å². The Morgan fingerprint density at radius 3 is 2.74 bits per heavy atom. The van der Waals surface area contributed by atoms with E-state index in [1.165, 1.54) is 10.9 Å². The summed E-state index contributed by atoms with van der Waals surface area (Å²) < 4.78 is 20.0. The van der Waals surface area contributed by atoms with Crippen LogP contribution in [0.4, 0.5) is 4.39 Å². The third kappa shape index (κ3) is 5.40. The lowest BCUT2D eigenvalue weighted by Gasteiger charge is -2.37. The van der Waals surface area contributed by atoms with Crippen LogP contribution in [-0.4, -0.2) is 47.9 Å². The molecule has 2 aromatic carbocycles. The highest BCUT2D eigenvalue weighted by molar-refractivity contribution is 7.10. The second kappa shape index (κ2) is 10.2. The van der Waals surface area contributed by atoms with Gasteiger partial charge in [-0.2, -0.15) is 0 Å². The predicted molar refractivity (Wildman–Crippen MR) is 134 cm³/mol. The minimum Gasteiger partial charge on any atom is -0.488 e. The summed E-state index contributed by atoms with van der Waals surface area (Å²) in [7, 11) is 0. The molecule has 0 spiro atoms. The fourth-order valence-corrected chi connectivity index (χ4v) is 5.58. The summed E-state index contributed by atoms with van der Waals surface area (Å²) in [6.07, 6.45) is 2.95. The van der Waals surface area contributed by atoms with E-state index < -0.39 is 5.82 Å². The lowest BCUT2D eigenvalue weighted by molar-refractivity contribution is -0.135. The van der Waals surface area contributed by atoms with E-state index in [1.807, 2.05) is 42.6 Å². The minimum atomic E-state index is -0.425. The Balaban J connectivity index is 1.35. The zero-order chi connectivity index (χ0) is 24.4. The molecular formula is C28H29FN2O3S. The Labute approximate surface area is 209 Å². The Morgan fingerprint density at radius 2 is 1.97 bits per heavy atom. The Kier molecular flexibility index (Phi) is 6.86. The number of rotatable bonds is 8. The van der Waals surface area contributed by atoms with Crippen molar-refractivity contribution in [1.29, 1.82) is 0 Å². The van der Waals surface area contributed by atoms with Gasteiger partial charge in [-0.05, 0) is 73.4 Å². The van der Waals surface area contributed by atoms with Gasteiger partial charge in [-0.25, -0.2) is 4.39 Å². The molecule has 5 rings (SSSR count). The van der Waals surface area contributed by atoms with Crippen LogP contribution in [0.15, 0.2) is 60.0 Å². The standard InChI is InChI=1S/C28H29FN2O3S/c1-19-5-4-6-21(15-19)28(33)30(16-20-9-10-20)17-27(32)31-13-11-26-22(12-14-35-26)24(31)18-34-25-8-3-2-7-23(25)29/h2-8,12,14-15,20,24H,9-11,13,16-18H2,1H3. The molecule has 5 nitrogen and oxygen atoms in total. The lowest BCUT2D eigenvalue weighted by atomic mass is 10.00. The van der Waals surface area contributed by atoms with Gasteiger partial charge in [0, 0.05) is 23.5 Å². The van der Waals surface area contributed by atoms with Crippen molar-refractivity contribution in [2.45, 2.75) is 32.2 Å². The number of thiophene rings is 1. The van der Waals surface area contributed by atoms with Crippen molar-refractivity contribution < 1.29 is 18.7 Å². The molecule has 2 aliphatic rings. The van der Waals surface area contributed by atoms with E-state index in [-0.39, 0.29) is 36.8 Å². The zero-order valence-corrected chi connectivity index (χ0v) is 20.6. The lowest BCUT2D eigenvalue weighted by Crippen LogP contribution is -2.48. The maximum Gasteiger partial charge on any atom is 0.254 e. The number of hydrogen-bond acceptors (Lipinski definition) is 4. The fraction of sp³-hybridized carbons (Fsp3) is 0.357. The molecule has 7 heteroatoms. The van der Waals surface area contributed by atoms with Gasteiger partial charge in [-0.15, -0.1) is 11.3 Å². The van der Waals surface area contributed by atoms with E-state index in [4.69, 9.17) is 4.74 Å². The summed E-state index contributed by atoms with van der Waals surface area (Å²) in [4.78, 5) is 31.7. The molecule has 0 saturated heterocycles. The maximum absolute atomic E-state index is 14.2. The van der Waals surface area contributed by atoms with Crippen LogP contribution in [0.5, 0.6) is 5.75 Å². The van der Waals surface area contributed by atoms with Crippen LogP contribution in [0.25, 0.3) is 0 Å². The van der Waals surface area contributed by atoms with Crippen LogP contribution in [0.1, 0.15) is 45.2 Å². The third-order valence-electron chi connectivity index (χ3n) is 6.70. The highest BCUT2D eigenvalue weighted by atomic mass is 32.1. The van der Waals surface area contributed by atoms with Gasteiger partial charge in [0.25, 0.3) is 5.91 Å². The molecule has 1 aliphatic heterocycles. The topological polar surface area (TPSA) is 49.9 Å². The van der Waals surface area contributed by atoms with Crippen LogP contribution < -0.4 is 4.74 Å². The molecule has 0 radical (unpaired) electrons. The first kappa shape index (κ1) is 23.5. The van der Waals surface area contributed by atoms with Crippen molar-refractivity contribution >= 4 is 23.2 Å². The van der Waals surface area contributed by atoms with E-state index in [0.29, 0.717) is 24.6 Å². The molecule has 1 fully saturated rings. The predicted octanol–water partition coefficient (Wildman–Crippen LogP) is 5.25. The number of para-hydroxylation sites is 1. The van der Waals surface area contributed by atoms with Crippen molar-refractivity contribution in [3.8, 4) is 5.75 Å². The molecule has 1 saturated carbocycles. The first-order chi connectivity index (χ1) is 17.0. The summed E-state index contributed by atoms with van der Waals surface area (Å²) in [6.45, 7) is 3.28. The van der Waals surface area contributed by atoms with Crippen LogP contribution >= 0.6 is 11.3 Å². The summed E-state index contributed by atoms with van der Waals surface area (Å²) in [5.41, 5.74) is 2.67. The highest BCUT2D eigenvalue weighted by Gasteiger charge is 2.35. The number of fused-ring (bicyclic) bond motifs is 1. The van der Waals surface area contributed by atoms with Gasteiger partial charge < -0.3 is 14.5 Å². The van der Waals surface area contributed by atoms with E-state index in [9.17, 15) is 14.0 Å². The molecule has 3 aromatic rings. The SMILES string of the molecule is Cc1cccc(C(=O)N(CC(=O)N2CCc3sccc3C2COc2ccccc2F)CC2CC2)c1. The van der Waals surface area contributed by atoms with Crippen molar-refractivity contribution in [1.82, 2.24) is 9.80 Å². The smallest absolute Gasteiger partial charge is 0.254 e. The second-order valence-electron chi connectivity index (χ2n) is 9.39. The van der Waals surface area contributed by atoms with Crippen molar-refractivity contribution in [2.24, 2.45) is 5.92 Å². The molecule has 1 aromatic heterocycles. The van der Waals surface area contributed by atoms with Crippen LogP contribution in [0.2, 0.25) is 0 Å². The normalized spacial score (nSPS) is 17.1. The van der Waals surface area contributed by atoms with Gasteiger partial charge in [0.1, 0.15) is 13.2 Å². The van der Waals surface area contributed by atoms with Crippen LogP contribution in [0, 0.1) is 18.7 Å². The van der Waals surface area contributed by atoms with Crippen molar-refractivity contribution in [2.75, 3.05) is 26.2 Å². The molecule has 2 amide bonds. The molecule has 0 bridgehead atoms. The van der Waals surface area contributed by atoms with Gasteiger partial charge in [-0.1, -0.05) is 29.8 Å². The van der Waals surface area contributed by atoms with Crippen LogP contribution in [-0.2, 0) is 11.2 Å². The molecular weight excluding hydrogens is 463 g/mol. The number of ether oxygens (including phenoxy) is 1. The molecule has 1 atom stereocenters. The first-order valence-electron chi connectivity index (χ1n) is 12.1. The average Bonchev–Trinajstić information content (AvgIpc) is 3.54. The number of amides is 2. The summed E-state index contributed by atoms with van der Waals surface area (Å²) in [5.74, 6) is -0.00752. The first-order valence-corrected chi connectivity index (χ1v) is 13.0. The van der Waals surface area contributed by atoms with Crippen molar-refractivity contribution in [3.63, 3.8) is 0 Å². The van der Waals surface area contributed by atoms with Gasteiger partial charge in [0.05, 0.1) is 6.04 Å². The van der Waals surface area contributed by atoms with E-state index in [2.05, 4.69) is 0 Å². The molecule has 1 unspecified atom stereocenters. The second-order valence-corrected chi connectivity index (χ2v) is 10.4. The number of halogens is 1. The van der Waals surface area contributed by atoms with E-state index in [0.717, 1.165) is 30.4 Å². The monoisotopic (exact) mass is 492 g/mol. The molecule has 1 aliphatic carbocycles. The summed E-state index contributed by atoms with van der Waals surface area (Å²) in [6, 6.07) is 15.5. The van der Waals surface area contributed by atoms with Crippen LogP contribution in [0.3, 0.4) is 0 Å². The molecule has 0 N–H and O–H groups in total. The number of carbonyl (C=O) groups excluding carboxylic acids is 2. The number of benzene rings is 2. The fourth-order valence-electron chi connectivity index (χ4n) is 4.65. The van der Waals surface area contributed by atoms with Gasteiger partial charge >= 0.3 is 0 Å². The quantitative estimate of drug-likeness (QED) is 0.431. The van der Waals surface area contributed by atoms with Gasteiger partial charge in [0.15, 0.2) is 11.6 Å². The molecule has 35 heavy (non-hydrogen) atoms. The minimum absolute atomic E-state index is 0.0267. The third-order valence-corrected chi connectivity index (χ3v) is 7.70. The Morgan fingerprint density at radius 1 is 1.14 bits per heavy atom. The summed E-state index contributed by atoms with van der Waals surface area (Å²) >= 11 is 1.67. The van der Waals surface area contributed by atoms with E-state index >= 15 is 0 Å². The molecule has 182 valence electrons. The maximum atomic E-state index is 14.2. The van der Waals surface area contributed by atoms with Gasteiger partial charge in [-0.3, -0.25) is 9.59 Å². The van der Waals surface area contributed by atoms with Gasteiger partial charge in [0.2, 0.25) is 5.91 Å². The number of hydrogen-bond donors (Lipinski definition) is 0. The number of carbonyl (C=O) groups is 2. The largest absolute Gasteiger partial charge is 0.488 e. The highest BCUT2D eigenvalue weighted by Crippen LogP contribution is 2.35. The average molecular weight is 493 g/mol. The van der Waals surface area contributed by atoms with E-state index in [1.54, 1.807) is 39.3 Å².